The Kier molecular flexibility index (Phi) is 4.36. The van der Waals surface area contributed by atoms with Gasteiger partial charge in [-0.2, -0.15) is 0 Å². The van der Waals surface area contributed by atoms with Crippen molar-refractivity contribution in [1.82, 2.24) is 4.90 Å². The molecule has 0 aliphatic carbocycles. The first-order valence-corrected chi connectivity index (χ1v) is 8.40. The standard InChI is InChI=1S/C19H18N2O2S/c1-12-15-9-4-5-10-16(15)24-17(12)18(22)20-14-8-6-7-13(11-14)19(23)21(2)3/h4-11H,1-3H3,(H,20,22). The normalized spacial score (nSPS) is 10.6. The van der Waals surface area contributed by atoms with Crippen molar-refractivity contribution in [3.05, 3.63) is 64.5 Å². The smallest absolute Gasteiger partial charge is 0.266 e. The zero-order valence-corrected chi connectivity index (χ0v) is 14.6. The van der Waals surface area contributed by atoms with Gasteiger partial charge in [-0.1, -0.05) is 24.3 Å². The molecule has 24 heavy (non-hydrogen) atoms. The summed E-state index contributed by atoms with van der Waals surface area (Å²) < 4.78 is 1.09. The molecule has 2 amide bonds. The van der Waals surface area contributed by atoms with E-state index in [1.807, 2.05) is 31.2 Å². The summed E-state index contributed by atoms with van der Waals surface area (Å²) in [7, 11) is 3.41. The lowest BCUT2D eigenvalue weighted by molar-refractivity contribution is 0.0827. The molecular formula is C19H18N2O2S. The van der Waals surface area contributed by atoms with Crippen LogP contribution in [0.2, 0.25) is 0 Å². The Bertz CT molecular complexity index is 928. The van der Waals surface area contributed by atoms with Crippen LogP contribution in [0, 0.1) is 6.92 Å². The highest BCUT2D eigenvalue weighted by molar-refractivity contribution is 7.21. The van der Waals surface area contributed by atoms with Gasteiger partial charge in [-0.3, -0.25) is 9.59 Å². The van der Waals surface area contributed by atoms with Crippen LogP contribution < -0.4 is 5.32 Å². The molecule has 0 saturated carbocycles. The third kappa shape index (κ3) is 3.03. The number of hydrogen-bond donors (Lipinski definition) is 1. The Balaban J connectivity index is 1.88. The number of rotatable bonds is 3. The molecule has 3 rings (SSSR count). The second-order valence-corrected chi connectivity index (χ2v) is 6.84. The first kappa shape index (κ1) is 16.2. The molecule has 3 aromatic rings. The van der Waals surface area contributed by atoms with Gasteiger partial charge in [0.05, 0.1) is 4.88 Å². The molecule has 122 valence electrons. The molecular weight excluding hydrogens is 320 g/mol. The van der Waals surface area contributed by atoms with Gasteiger partial charge < -0.3 is 10.2 Å². The number of amides is 2. The Labute approximate surface area is 144 Å². The molecule has 1 heterocycles. The fourth-order valence-electron chi connectivity index (χ4n) is 2.57. The maximum Gasteiger partial charge on any atom is 0.266 e. The lowest BCUT2D eigenvalue weighted by Gasteiger charge is -2.11. The molecule has 0 unspecified atom stereocenters. The van der Waals surface area contributed by atoms with Crippen LogP contribution in [0.3, 0.4) is 0 Å². The summed E-state index contributed by atoms with van der Waals surface area (Å²) in [5.74, 6) is -0.243. The predicted octanol–water partition coefficient (Wildman–Crippen LogP) is 4.16. The van der Waals surface area contributed by atoms with E-state index in [0.717, 1.165) is 15.6 Å². The lowest BCUT2D eigenvalue weighted by atomic mass is 10.1. The van der Waals surface area contributed by atoms with Crippen LogP contribution in [0.1, 0.15) is 25.6 Å². The number of anilines is 1. The minimum Gasteiger partial charge on any atom is -0.345 e. The number of nitrogens with zero attached hydrogens (tertiary/aromatic N) is 1. The van der Waals surface area contributed by atoms with Crippen LogP contribution in [0.4, 0.5) is 5.69 Å². The van der Waals surface area contributed by atoms with Crippen molar-refractivity contribution in [3.63, 3.8) is 0 Å². The second kappa shape index (κ2) is 6.45. The van der Waals surface area contributed by atoms with Gasteiger partial charge in [-0.05, 0) is 42.1 Å². The molecule has 0 aliphatic rings. The summed E-state index contributed by atoms with van der Waals surface area (Å²) in [6.07, 6.45) is 0. The van der Waals surface area contributed by atoms with E-state index in [0.29, 0.717) is 16.1 Å². The maximum absolute atomic E-state index is 12.6. The fraction of sp³-hybridized carbons (Fsp3) is 0.158. The molecule has 5 heteroatoms. The first-order valence-electron chi connectivity index (χ1n) is 7.58. The highest BCUT2D eigenvalue weighted by Crippen LogP contribution is 2.31. The number of benzene rings is 2. The van der Waals surface area contributed by atoms with Gasteiger partial charge in [-0.25, -0.2) is 0 Å². The van der Waals surface area contributed by atoms with Gasteiger partial charge in [0.2, 0.25) is 0 Å². The van der Waals surface area contributed by atoms with E-state index in [4.69, 9.17) is 0 Å². The first-order chi connectivity index (χ1) is 11.5. The third-order valence-electron chi connectivity index (χ3n) is 3.82. The van der Waals surface area contributed by atoms with Crippen LogP contribution in [0.25, 0.3) is 10.1 Å². The van der Waals surface area contributed by atoms with Gasteiger partial charge in [0.25, 0.3) is 11.8 Å². The zero-order valence-electron chi connectivity index (χ0n) is 13.8. The summed E-state index contributed by atoms with van der Waals surface area (Å²) >= 11 is 1.48. The van der Waals surface area contributed by atoms with Gasteiger partial charge in [0.1, 0.15) is 0 Å². The summed E-state index contributed by atoms with van der Waals surface area (Å²) in [6, 6.07) is 15.0. The van der Waals surface area contributed by atoms with E-state index in [1.165, 1.54) is 16.2 Å². The van der Waals surface area contributed by atoms with Crippen molar-refractivity contribution in [3.8, 4) is 0 Å². The number of fused-ring (bicyclic) bond motifs is 1. The summed E-state index contributed by atoms with van der Waals surface area (Å²) in [4.78, 5) is 26.9. The molecule has 0 fully saturated rings. The molecule has 0 radical (unpaired) electrons. The number of aryl methyl sites for hydroxylation is 1. The Hall–Kier alpha value is -2.66. The molecule has 0 aliphatic heterocycles. The minimum absolute atomic E-state index is 0.0934. The monoisotopic (exact) mass is 338 g/mol. The largest absolute Gasteiger partial charge is 0.345 e. The fourth-order valence-corrected chi connectivity index (χ4v) is 3.67. The molecule has 1 N–H and O–H groups in total. The Morgan fingerprint density at radius 2 is 1.79 bits per heavy atom. The Morgan fingerprint density at radius 1 is 1.04 bits per heavy atom. The van der Waals surface area contributed by atoms with Crippen molar-refractivity contribution in [2.75, 3.05) is 19.4 Å². The number of thiophene rings is 1. The SMILES string of the molecule is Cc1c(C(=O)Nc2cccc(C(=O)N(C)C)c2)sc2ccccc12. The Morgan fingerprint density at radius 3 is 2.50 bits per heavy atom. The predicted molar refractivity (Wildman–Crippen MR) is 99.0 cm³/mol. The van der Waals surface area contributed by atoms with Gasteiger partial charge in [0.15, 0.2) is 0 Å². The second-order valence-electron chi connectivity index (χ2n) is 5.79. The van der Waals surface area contributed by atoms with Crippen LogP contribution in [0.15, 0.2) is 48.5 Å². The average Bonchev–Trinajstić information content (AvgIpc) is 2.92. The van der Waals surface area contributed by atoms with Crippen LogP contribution in [-0.4, -0.2) is 30.8 Å². The molecule has 4 nitrogen and oxygen atoms in total. The highest BCUT2D eigenvalue weighted by atomic mass is 32.1. The van der Waals surface area contributed by atoms with E-state index in [9.17, 15) is 9.59 Å². The van der Waals surface area contributed by atoms with Crippen LogP contribution in [-0.2, 0) is 0 Å². The number of carbonyl (C=O) groups excluding carboxylic acids is 2. The molecule has 0 spiro atoms. The molecule has 0 atom stereocenters. The van der Waals surface area contributed by atoms with E-state index in [-0.39, 0.29) is 11.8 Å². The van der Waals surface area contributed by atoms with Crippen molar-refractivity contribution in [2.45, 2.75) is 6.92 Å². The highest BCUT2D eigenvalue weighted by Gasteiger charge is 2.16. The zero-order chi connectivity index (χ0) is 17.3. The topological polar surface area (TPSA) is 49.4 Å². The quantitative estimate of drug-likeness (QED) is 0.779. The number of hydrogen-bond acceptors (Lipinski definition) is 3. The van der Waals surface area contributed by atoms with Gasteiger partial charge in [0, 0.05) is 30.0 Å². The molecule has 1 aromatic heterocycles. The average molecular weight is 338 g/mol. The maximum atomic E-state index is 12.6. The van der Waals surface area contributed by atoms with E-state index in [1.54, 1.807) is 38.4 Å². The van der Waals surface area contributed by atoms with Crippen LogP contribution >= 0.6 is 11.3 Å². The van der Waals surface area contributed by atoms with Crippen molar-refractivity contribution in [2.24, 2.45) is 0 Å². The third-order valence-corrected chi connectivity index (χ3v) is 5.10. The van der Waals surface area contributed by atoms with Crippen LogP contribution in [0.5, 0.6) is 0 Å². The molecule has 2 aromatic carbocycles. The van der Waals surface area contributed by atoms with E-state index in [2.05, 4.69) is 5.32 Å². The summed E-state index contributed by atoms with van der Waals surface area (Å²) in [5.41, 5.74) is 2.14. The van der Waals surface area contributed by atoms with Gasteiger partial charge >= 0.3 is 0 Å². The summed E-state index contributed by atoms with van der Waals surface area (Å²) in [6.45, 7) is 1.96. The minimum atomic E-state index is -0.150. The van der Waals surface area contributed by atoms with Gasteiger partial charge in [-0.15, -0.1) is 11.3 Å². The van der Waals surface area contributed by atoms with E-state index < -0.39 is 0 Å². The van der Waals surface area contributed by atoms with E-state index >= 15 is 0 Å². The van der Waals surface area contributed by atoms with Crippen molar-refractivity contribution in [1.29, 1.82) is 0 Å². The number of nitrogens with one attached hydrogen (secondary N) is 1. The molecule has 0 saturated heterocycles. The molecule has 0 bridgehead atoms. The van der Waals surface area contributed by atoms with Crippen molar-refractivity contribution < 1.29 is 9.59 Å². The lowest BCUT2D eigenvalue weighted by Crippen LogP contribution is -2.21. The summed E-state index contributed by atoms with van der Waals surface area (Å²) in [5, 5.41) is 4.00. The number of carbonyl (C=O) groups is 2. The van der Waals surface area contributed by atoms with Crippen molar-refractivity contribution >= 4 is 38.9 Å².